The maximum Gasteiger partial charge on any atom is 0.256 e. The molecule has 0 N–H and O–H groups in total. The third-order valence-electron chi connectivity index (χ3n) is 3.43. The molecule has 0 aromatic carbocycles. The van der Waals surface area contributed by atoms with E-state index in [1.165, 1.54) is 17.4 Å². The van der Waals surface area contributed by atoms with Gasteiger partial charge in [-0.1, -0.05) is 6.42 Å². The van der Waals surface area contributed by atoms with E-state index in [9.17, 15) is 9.59 Å². The Bertz CT molecular complexity index is 351. The summed E-state index contributed by atoms with van der Waals surface area (Å²) in [7, 11) is 0. The third-order valence-corrected chi connectivity index (χ3v) is 4.53. The fraction of sp³-hybridized carbons (Fsp3) is 0.667. The summed E-state index contributed by atoms with van der Waals surface area (Å²) in [4.78, 5) is 25.0. The molecule has 4 heteroatoms. The molecule has 1 heterocycles. The molecular formula is C12H17NO2S. The summed E-state index contributed by atoms with van der Waals surface area (Å²) in [5.41, 5.74) is 0.580. The van der Waals surface area contributed by atoms with Gasteiger partial charge in [0.25, 0.3) is 11.8 Å². The zero-order valence-electron chi connectivity index (χ0n) is 9.73. The summed E-state index contributed by atoms with van der Waals surface area (Å²) < 4.78 is 0. The predicted octanol–water partition coefficient (Wildman–Crippen LogP) is 1.98. The standard InChI is InChI=1S/C12H17NO2S/c1-8-6-11(14)13(12(8)15)9-4-3-5-10(7-9)16-2/h6,9-10H,3-5,7H2,1-2H3. The van der Waals surface area contributed by atoms with Crippen LogP contribution in [-0.4, -0.2) is 34.3 Å². The molecule has 16 heavy (non-hydrogen) atoms. The van der Waals surface area contributed by atoms with Crippen molar-refractivity contribution in [1.82, 2.24) is 4.90 Å². The highest BCUT2D eigenvalue weighted by atomic mass is 32.2. The van der Waals surface area contributed by atoms with Gasteiger partial charge in [0.05, 0.1) is 0 Å². The van der Waals surface area contributed by atoms with Gasteiger partial charge >= 0.3 is 0 Å². The monoisotopic (exact) mass is 239 g/mol. The predicted molar refractivity (Wildman–Crippen MR) is 65.2 cm³/mol. The van der Waals surface area contributed by atoms with Gasteiger partial charge in [-0.3, -0.25) is 14.5 Å². The number of thioether (sulfide) groups is 1. The Morgan fingerprint density at radius 2 is 2.12 bits per heavy atom. The van der Waals surface area contributed by atoms with Crippen LogP contribution in [0.15, 0.2) is 11.6 Å². The minimum atomic E-state index is -0.116. The fourth-order valence-electron chi connectivity index (χ4n) is 2.52. The number of amides is 2. The first-order valence-electron chi connectivity index (χ1n) is 5.72. The maximum absolute atomic E-state index is 11.8. The summed E-state index contributed by atoms with van der Waals surface area (Å²) in [6.45, 7) is 1.72. The summed E-state index contributed by atoms with van der Waals surface area (Å²) >= 11 is 1.85. The topological polar surface area (TPSA) is 37.4 Å². The van der Waals surface area contributed by atoms with Gasteiger partial charge in [0.1, 0.15) is 0 Å². The number of carbonyl (C=O) groups is 2. The van der Waals surface area contributed by atoms with Gasteiger partial charge in [-0.2, -0.15) is 11.8 Å². The van der Waals surface area contributed by atoms with E-state index < -0.39 is 0 Å². The van der Waals surface area contributed by atoms with E-state index in [-0.39, 0.29) is 17.9 Å². The van der Waals surface area contributed by atoms with E-state index in [2.05, 4.69) is 6.26 Å². The van der Waals surface area contributed by atoms with E-state index >= 15 is 0 Å². The second kappa shape index (κ2) is 4.62. The second-order valence-electron chi connectivity index (χ2n) is 4.52. The van der Waals surface area contributed by atoms with Crippen molar-refractivity contribution in [3.05, 3.63) is 11.6 Å². The molecule has 2 amide bonds. The highest BCUT2D eigenvalue weighted by molar-refractivity contribution is 7.99. The van der Waals surface area contributed by atoms with Crippen molar-refractivity contribution in [3.63, 3.8) is 0 Å². The lowest BCUT2D eigenvalue weighted by atomic mass is 9.93. The first-order valence-corrected chi connectivity index (χ1v) is 7.01. The Hall–Kier alpha value is -0.770. The molecule has 1 aliphatic heterocycles. The Morgan fingerprint density at radius 1 is 1.38 bits per heavy atom. The first kappa shape index (κ1) is 11.7. The molecule has 2 unspecified atom stereocenters. The fourth-order valence-corrected chi connectivity index (χ4v) is 3.34. The zero-order chi connectivity index (χ0) is 11.7. The van der Waals surface area contributed by atoms with E-state index in [1.54, 1.807) is 6.92 Å². The number of rotatable bonds is 2. The van der Waals surface area contributed by atoms with Crippen LogP contribution in [0.2, 0.25) is 0 Å². The molecule has 0 aromatic rings. The van der Waals surface area contributed by atoms with E-state index in [0.29, 0.717) is 10.8 Å². The molecule has 0 saturated heterocycles. The Labute approximate surface area is 100 Å². The lowest BCUT2D eigenvalue weighted by Crippen LogP contribution is -2.43. The molecule has 88 valence electrons. The number of hydrogen-bond donors (Lipinski definition) is 0. The average molecular weight is 239 g/mol. The van der Waals surface area contributed by atoms with Gasteiger partial charge in [0.15, 0.2) is 0 Å². The van der Waals surface area contributed by atoms with Crippen LogP contribution in [0, 0.1) is 0 Å². The summed E-state index contributed by atoms with van der Waals surface area (Å²) in [6.07, 6.45) is 7.82. The van der Waals surface area contributed by atoms with Crippen LogP contribution >= 0.6 is 11.8 Å². The third kappa shape index (κ3) is 2.03. The van der Waals surface area contributed by atoms with E-state index in [4.69, 9.17) is 0 Å². The Kier molecular flexibility index (Phi) is 3.38. The van der Waals surface area contributed by atoms with Crippen LogP contribution in [0.1, 0.15) is 32.6 Å². The number of imide groups is 1. The smallest absolute Gasteiger partial charge is 0.256 e. The molecule has 1 saturated carbocycles. The van der Waals surface area contributed by atoms with Crippen molar-refractivity contribution in [2.45, 2.75) is 43.9 Å². The average Bonchev–Trinajstić information content (AvgIpc) is 2.53. The highest BCUT2D eigenvalue weighted by Gasteiger charge is 2.36. The molecule has 0 bridgehead atoms. The first-order chi connectivity index (χ1) is 7.63. The van der Waals surface area contributed by atoms with Crippen molar-refractivity contribution in [2.24, 2.45) is 0 Å². The van der Waals surface area contributed by atoms with Gasteiger partial charge in [0.2, 0.25) is 0 Å². The second-order valence-corrected chi connectivity index (χ2v) is 5.66. The number of hydrogen-bond acceptors (Lipinski definition) is 3. The normalized spacial score (nSPS) is 30.9. The van der Waals surface area contributed by atoms with Crippen molar-refractivity contribution in [2.75, 3.05) is 6.26 Å². The minimum Gasteiger partial charge on any atom is -0.272 e. The Balaban J connectivity index is 2.08. The Morgan fingerprint density at radius 3 is 2.69 bits per heavy atom. The number of carbonyl (C=O) groups excluding carboxylic acids is 2. The van der Waals surface area contributed by atoms with Crippen molar-refractivity contribution < 1.29 is 9.59 Å². The van der Waals surface area contributed by atoms with Gasteiger partial charge in [-0.05, 0) is 32.4 Å². The highest BCUT2D eigenvalue weighted by Crippen LogP contribution is 2.31. The lowest BCUT2D eigenvalue weighted by molar-refractivity contribution is -0.140. The van der Waals surface area contributed by atoms with Gasteiger partial charge < -0.3 is 0 Å². The van der Waals surface area contributed by atoms with Gasteiger partial charge in [-0.15, -0.1) is 0 Å². The molecule has 0 aromatic heterocycles. The molecule has 1 aliphatic carbocycles. The SMILES string of the molecule is CSC1CCCC(N2C(=O)C=C(C)C2=O)C1. The molecule has 2 aliphatic rings. The van der Waals surface area contributed by atoms with Crippen molar-refractivity contribution >= 4 is 23.6 Å². The maximum atomic E-state index is 11.8. The van der Waals surface area contributed by atoms with Crippen molar-refractivity contribution in [3.8, 4) is 0 Å². The lowest BCUT2D eigenvalue weighted by Gasteiger charge is -2.33. The molecule has 0 spiro atoms. The van der Waals surface area contributed by atoms with Crippen LogP contribution in [0.5, 0.6) is 0 Å². The summed E-state index contributed by atoms with van der Waals surface area (Å²) in [5.74, 6) is -0.203. The minimum absolute atomic E-state index is 0.0863. The van der Waals surface area contributed by atoms with Crippen LogP contribution in [0.3, 0.4) is 0 Å². The molecule has 2 rings (SSSR count). The molecule has 2 atom stereocenters. The number of nitrogens with zero attached hydrogens (tertiary/aromatic N) is 1. The quantitative estimate of drug-likeness (QED) is 0.691. The van der Waals surface area contributed by atoms with E-state index in [0.717, 1.165) is 19.3 Å². The largest absolute Gasteiger partial charge is 0.272 e. The summed E-state index contributed by atoms with van der Waals surface area (Å²) in [5, 5.41) is 0.597. The van der Waals surface area contributed by atoms with Gasteiger partial charge in [0, 0.05) is 22.9 Å². The van der Waals surface area contributed by atoms with Crippen LogP contribution in [-0.2, 0) is 9.59 Å². The van der Waals surface area contributed by atoms with Crippen LogP contribution in [0.4, 0.5) is 0 Å². The molecular weight excluding hydrogens is 222 g/mol. The van der Waals surface area contributed by atoms with Gasteiger partial charge in [-0.25, -0.2) is 0 Å². The van der Waals surface area contributed by atoms with Crippen molar-refractivity contribution in [1.29, 1.82) is 0 Å². The van der Waals surface area contributed by atoms with E-state index in [1.807, 2.05) is 11.8 Å². The van der Waals surface area contributed by atoms with Crippen LogP contribution in [0.25, 0.3) is 0 Å². The summed E-state index contributed by atoms with van der Waals surface area (Å²) in [6, 6.07) is 0.125. The molecule has 3 nitrogen and oxygen atoms in total. The molecule has 1 fully saturated rings. The van der Waals surface area contributed by atoms with Crippen LogP contribution < -0.4 is 0 Å². The molecule has 0 radical (unpaired) electrons. The zero-order valence-corrected chi connectivity index (χ0v) is 10.5.